The van der Waals surface area contributed by atoms with Crippen LogP contribution in [-0.4, -0.2) is 23.9 Å². The van der Waals surface area contributed by atoms with Crippen molar-refractivity contribution in [3.8, 4) is 16.9 Å². The minimum atomic E-state index is -0.454. The topological polar surface area (TPSA) is 86.7 Å². The number of rotatable bonds is 6. The van der Waals surface area contributed by atoms with E-state index in [-0.39, 0.29) is 0 Å². The molecule has 0 saturated carbocycles. The summed E-state index contributed by atoms with van der Waals surface area (Å²) in [5.41, 5.74) is 3.76. The fourth-order valence-electron chi connectivity index (χ4n) is 4.49. The van der Waals surface area contributed by atoms with E-state index in [1.807, 2.05) is 103 Å². The Morgan fingerprint density at radius 3 is 2.16 bits per heavy atom. The summed E-state index contributed by atoms with van der Waals surface area (Å²) in [7, 11) is 1.49. The predicted octanol–water partition coefficient (Wildman–Crippen LogP) is 4.74. The zero-order chi connectivity index (χ0) is 26.1. The first-order valence-electron chi connectivity index (χ1n) is 12.2. The summed E-state index contributed by atoms with van der Waals surface area (Å²) in [4.78, 5) is 31.1. The van der Waals surface area contributed by atoms with Crippen LogP contribution in [0.4, 0.5) is 11.5 Å². The summed E-state index contributed by atoms with van der Waals surface area (Å²) < 4.78 is 4.35. The Morgan fingerprint density at radius 2 is 1.47 bits per heavy atom. The summed E-state index contributed by atoms with van der Waals surface area (Å²) in [5, 5.41) is 8.53. The van der Waals surface area contributed by atoms with E-state index in [0.29, 0.717) is 29.1 Å². The first-order valence-corrected chi connectivity index (χ1v) is 12.2. The molecule has 3 heterocycles. The van der Waals surface area contributed by atoms with E-state index in [1.165, 1.54) is 11.6 Å². The number of hydrogen-bond acceptors (Lipinski definition) is 5. The van der Waals surface area contributed by atoms with Gasteiger partial charge in [-0.05, 0) is 42.0 Å². The molecule has 0 spiro atoms. The molecule has 0 unspecified atom stereocenters. The average Bonchev–Trinajstić information content (AvgIpc) is 3.31. The Bertz CT molecular complexity index is 1840. The lowest BCUT2D eigenvalue weighted by Crippen LogP contribution is -2.37. The molecular weight excluding hydrogens is 476 g/mol. The van der Waals surface area contributed by atoms with Gasteiger partial charge in [0.15, 0.2) is 5.65 Å². The first-order chi connectivity index (χ1) is 18.6. The maximum atomic E-state index is 13.5. The molecule has 0 amide bonds. The van der Waals surface area contributed by atoms with E-state index in [4.69, 9.17) is 5.10 Å². The molecule has 3 aromatic carbocycles. The number of aromatic nitrogens is 5. The van der Waals surface area contributed by atoms with Gasteiger partial charge in [0.25, 0.3) is 5.56 Å². The molecule has 38 heavy (non-hydrogen) atoms. The Balaban J connectivity index is 1.52. The molecule has 0 radical (unpaired) electrons. The average molecular weight is 501 g/mol. The van der Waals surface area contributed by atoms with Crippen LogP contribution in [0.1, 0.15) is 5.56 Å². The van der Waals surface area contributed by atoms with E-state index in [2.05, 4.69) is 10.3 Å². The van der Waals surface area contributed by atoms with Gasteiger partial charge in [0, 0.05) is 24.5 Å². The summed E-state index contributed by atoms with van der Waals surface area (Å²) in [5.74, 6) is 0.519. The highest BCUT2D eigenvalue weighted by Crippen LogP contribution is 2.26. The van der Waals surface area contributed by atoms with Gasteiger partial charge in [0.1, 0.15) is 11.2 Å². The van der Waals surface area contributed by atoms with E-state index in [1.54, 1.807) is 10.9 Å². The molecular formula is C30H24N6O2. The Morgan fingerprint density at radius 1 is 0.789 bits per heavy atom. The number of nitrogens with zero attached hydrogens (tertiary/aromatic N) is 5. The van der Waals surface area contributed by atoms with Crippen molar-refractivity contribution in [2.45, 2.75) is 6.54 Å². The standard InChI is InChI=1S/C30H24N6O2/c1-34-29(37)26-27(32-23-10-4-2-5-11-23)35(33-28(26)36(30(34)38)24-12-6-3-7-13-24)20-21-15-17-22(18-16-21)25-14-8-9-19-31-25/h2-19,32H,20H2,1H3. The molecule has 1 N–H and O–H groups in total. The van der Waals surface area contributed by atoms with Gasteiger partial charge in [-0.3, -0.25) is 14.3 Å². The van der Waals surface area contributed by atoms with Crippen LogP contribution in [0.2, 0.25) is 0 Å². The third-order valence-electron chi connectivity index (χ3n) is 6.44. The lowest BCUT2D eigenvalue weighted by Gasteiger charge is -2.11. The Hall–Kier alpha value is -5.24. The zero-order valence-corrected chi connectivity index (χ0v) is 20.7. The maximum absolute atomic E-state index is 13.5. The fraction of sp³-hybridized carbons (Fsp3) is 0.0667. The highest BCUT2D eigenvalue weighted by atomic mass is 16.2. The largest absolute Gasteiger partial charge is 0.340 e. The second kappa shape index (κ2) is 9.67. The predicted molar refractivity (Wildman–Crippen MR) is 149 cm³/mol. The lowest BCUT2D eigenvalue weighted by atomic mass is 10.1. The van der Waals surface area contributed by atoms with Crippen molar-refractivity contribution in [1.82, 2.24) is 23.9 Å². The summed E-state index contributed by atoms with van der Waals surface area (Å²) in [6.07, 6.45) is 1.77. The van der Waals surface area contributed by atoms with Gasteiger partial charge < -0.3 is 5.32 Å². The molecule has 3 aromatic heterocycles. The van der Waals surface area contributed by atoms with Crippen LogP contribution in [-0.2, 0) is 13.6 Å². The van der Waals surface area contributed by atoms with Crippen molar-refractivity contribution >= 4 is 22.5 Å². The fourth-order valence-corrected chi connectivity index (χ4v) is 4.49. The molecule has 8 heteroatoms. The monoisotopic (exact) mass is 500 g/mol. The quantitative estimate of drug-likeness (QED) is 0.357. The maximum Gasteiger partial charge on any atom is 0.337 e. The van der Waals surface area contributed by atoms with Gasteiger partial charge >= 0.3 is 5.69 Å². The molecule has 0 aliphatic heterocycles. The van der Waals surface area contributed by atoms with E-state index >= 15 is 0 Å². The van der Waals surface area contributed by atoms with Crippen molar-refractivity contribution in [1.29, 1.82) is 0 Å². The van der Waals surface area contributed by atoms with E-state index < -0.39 is 11.2 Å². The highest BCUT2D eigenvalue weighted by Gasteiger charge is 2.22. The summed E-state index contributed by atoms with van der Waals surface area (Å²) in [6, 6.07) is 32.7. The minimum Gasteiger partial charge on any atom is -0.340 e. The van der Waals surface area contributed by atoms with Crippen LogP contribution in [0.5, 0.6) is 0 Å². The smallest absolute Gasteiger partial charge is 0.337 e. The Labute approximate surface area is 218 Å². The number of hydrogen-bond donors (Lipinski definition) is 1. The molecule has 0 atom stereocenters. The minimum absolute atomic E-state index is 0.299. The van der Waals surface area contributed by atoms with Crippen molar-refractivity contribution in [3.63, 3.8) is 0 Å². The molecule has 8 nitrogen and oxygen atoms in total. The SMILES string of the molecule is Cn1c(=O)c2c(Nc3ccccc3)n(Cc3ccc(-c4ccccn4)cc3)nc2n(-c2ccccc2)c1=O. The van der Waals surface area contributed by atoms with Crippen molar-refractivity contribution < 1.29 is 0 Å². The third-order valence-corrected chi connectivity index (χ3v) is 6.44. The molecule has 6 rings (SSSR count). The number of nitrogens with one attached hydrogen (secondary N) is 1. The number of para-hydroxylation sites is 2. The zero-order valence-electron chi connectivity index (χ0n) is 20.7. The molecule has 0 aliphatic rings. The van der Waals surface area contributed by atoms with Crippen molar-refractivity contribution in [2.24, 2.45) is 7.05 Å². The molecule has 0 aliphatic carbocycles. The number of pyridine rings is 1. The van der Waals surface area contributed by atoms with Gasteiger partial charge in [-0.25, -0.2) is 14.0 Å². The van der Waals surface area contributed by atoms with Crippen LogP contribution >= 0.6 is 0 Å². The van der Waals surface area contributed by atoms with Crippen molar-refractivity contribution in [3.05, 3.63) is 136 Å². The number of fused-ring (bicyclic) bond motifs is 1. The molecule has 0 fully saturated rings. The summed E-state index contributed by atoms with van der Waals surface area (Å²) in [6.45, 7) is 0.387. The van der Waals surface area contributed by atoms with Crippen LogP contribution in [0.25, 0.3) is 28.0 Å². The number of benzene rings is 3. The van der Waals surface area contributed by atoms with Gasteiger partial charge in [-0.2, -0.15) is 5.10 Å². The second-order valence-corrected chi connectivity index (χ2v) is 8.93. The first kappa shape index (κ1) is 23.2. The van der Waals surface area contributed by atoms with Crippen LogP contribution in [0.15, 0.2) is 119 Å². The third kappa shape index (κ3) is 4.18. The van der Waals surface area contributed by atoms with Gasteiger partial charge in [0.2, 0.25) is 0 Å². The van der Waals surface area contributed by atoms with Crippen LogP contribution in [0, 0.1) is 0 Å². The summed E-state index contributed by atoms with van der Waals surface area (Å²) >= 11 is 0. The molecule has 186 valence electrons. The van der Waals surface area contributed by atoms with Gasteiger partial charge in [0.05, 0.1) is 17.9 Å². The van der Waals surface area contributed by atoms with Gasteiger partial charge in [-0.15, -0.1) is 0 Å². The van der Waals surface area contributed by atoms with Crippen LogP contribution in [0.3, 0.4) is 0 Å². The van der Waals surface area contributed by atoms with Crippen molar-refractivity contribution in [2.75, 3.05) is 5.32 Å². The molecule has 0 saturated heterocycles. The molecule has 6 aromatic rings. The molecule has 0 bridgehead atoms. The second-order valence-electron chi connectivity index (χ2n) is 8.93. The van der Waals surface area contributed by atoms with E-state index in [0.717, 1.165) is 27.1 Å². The normalized spacial score (nSPS) is 11.1. The number of anilines is 2. The van der Waals surface area contributed by atoms with E-state index in [9.17, 15) is 9.59 Å². The Kier molecular flexibility index (Phi) is 5.89. The lowest BCUT2D eigenvalue weighted by molar-refractivity contribution is 0.693. The highest BCUT2D eigenvalue weighted by molar-refractivity contribution is 5.90. The van der Waals surface area contributed by atoms with Gasteiger partial charge in [-0.1, -0.05) is 66.7 Å². The van der Waals surface area contributed by atoms with Crippen LogP contribution < -0.4 is 16.6 Å².